The Bertz CT molecular complexity index is 367. The summed E-state index contributed by atoms with van der Waals surface area (Å²) in [5, 5.41) is 0.815. The van der Waals surface area contributed by atoms with Gasteiger partial charge < -0.3 is 4.74 Å². The van der Waals surface area contributed by atoms with Crippen LogP contribution in [0.5, 0.6) is 0 Å². The van der Waals surface area contributed by atoms with Gasteiger partial charge in [-0.25, -0.2) is 0 Å². The molecule has 1 aromatic carbocycles. The minimum Gasteiger partial charge on any atom is -0.378 e. The van der Waals surface area contributed by atoms with Crippen LogP contribution >= 0.6 is 11.6 Å². The highest BCUT2D eigenvalue weighted by Gasteiger charge is 2.18. The Labute approximate surface area is 114 Å². The van der Waals surface area contributed by atoms with E-state index in [1.165, 1.54) is 12.8 Å². The fourth-order valence-electron chi connectivity index (χ4n) is 2.43. The summed E-state index contributed by atoms with van der Waals surface area (Å²) in [5.74, 6) is 5.62. The van der Waals surface area contributed by atoms with E-state index in [1.54, 1.807) is 0 Å². The highest BCUT2D eigenvalue weighted by atomic mass is 35.5. The van der Waals surface area contributed by atoms with E-state index < -0.39 is 0 Å². The highest BCUT2D eigenvalue weighted by molar-refractivity contribution is 6.31. The molecule has 0 bridgehead atoms. The maximum absolute atomic E-state index is 6.16. The van der Waals surface area contributed by atoms with Crippen LogP contribution in [0.4, 0.5) is 0 Å². The van der Waals surface area contributed by atoms with Crippen molar-refractivity contribution in [3.05, 3.63) is 34.9 Å². The molecule has 3 N–H and O–H groups in total. The lowest BCUT2D eigenvalue weighted by molar-refractivity contribution is 0.0996. The number of nitrogens with two attached hydrogens (primary N) is 1. The van der Waals surface area contributed by atoms with E-state index in [4.69, 9.17) is 22.2 Å². The fourth-order valence-corrected chi connectivity index (χ4v) is 2.65. The molecule has 4 heteroatoms. The van der Waals surface area contributed by atoms with E-state index in [0.717, 1.165) is 36.5 Å². The van der Waals surface area contributed by atoms with E-state index in [9.17, 15) is 0 Å². The molecule has 1 aromatic rings. The first-order valence-electron chi connectivity index (χ1n) is 6.60. The van der Waals surface area contributed by atoms with E-state index in [0.29, 0.717) is 6.10 Å². The zero-order valence-corrected chi connectivity index (χ0v) is 11.3. The summed E-state index contributed by atoms with van der Waals surface area (Å²) in [6.07, 6.45) is 5.75. The third-order valence-corrected chi connectivity index (χ3v) is 3.89. The van der Waals surface area contributed by atoms with Crippen molar-refractivity contribution < 1.29 is 4.74 Å². The smallest absolute Gasteiger partial charge is 0.0576 e. The predicted molar refractivity (Wildman–Crippen MR) is 74.5 cm³/mol. The summed E-state index contributed by atoms with van der Waals surface area (Å²) in [7, 11) is 0. The first-order chi connectivity index (χ1) is 8.79. The predicted octanol–water partition coefficient (Wildman–Crippen LogP) is 2.67. The van der Waals surface area contributed by atoms with Gasteiger partial charge in [0.2, 0.25) is 0 Å². The molecule has 0 aliphatic carbocycles. The third kappa shape index (κ3) is 3.95. The van der Waals surface area contributed by atoms with Crippen LogP contribution in [0.15, 0.2) is 24.3 Å². The van der Waals surface area contributed by atoms with Crippen LogP contribution in [0.2, 0.25) is 5.02 Å². The molecule has 1 saturated heterocycles. The van der Waals surface area contributed by atoms with Gasteiger partial charge in [0.15, 0.2) is 0 Å². The maximum Gasteiger partial charge on any atom is 0.0576 e. The van der Waals surface area contributed by atoms with Gasteiger partial charge in [-0.1, -0.05) is 29.8 Å². The van der Waals surface area contributed by atoms with E-state index in [1.807, 2.05) is 18.2 Å². The molecule has 3 nitrogen and oxygen atoms in total. The molecule has 0 aromatic heterocycles. The van der Waals surface area contributed by atoms with Crippen molar-refractivity contribution in [1.82, 2.24) is 5.43 Å². The standard InChI is InChI=1S/C14H21ClN2O/c15-14-6-2-1-4-11(14)10-12(17-16)7-8-13-5-3-9-18-13/h1-2,4,6,12-13,17H,3,5,7-10,16H2. The van der Waals surface area contributed by atoms with Crippen molar-refractivity contribution in [1.29, 1.82) is 0 Å². The Morgan fingerprint density at radius 3 is 2.94 bits per heavy atom. The van der Waals surface area contributed by atoms with Gasteiger partial charge in [-0.05, 0) is 43.7 Å². The van der Waals surface area contributed by atoms with Crippen LogP contribution in [0, 0.1) is 0 Å². The molecule has 0 radical (unpaired) electrons. The first kappa shape index (κ1) is 13.8. The van der Waals surface area contributed by atoms with E-state index >= 15 is 0 Å². The highest BCUT2D eigenvalue weighted by Crippen LogP contribution is 2.21. The molecular weight excluding hydrogens is 248 g/mol. The number of benzene rings is 1. The van der Waals surface area contributed by atoms with Crippen LogP contribution in [0.25, 0.3) is 0 Å². The van der Waals surface area contributed by atoms with Crippen molar-refractivity contribution in [2.24, 2.45) is 5.84 Å². The zero-order chi connectivity index (χ0) is 12.8. The van der Waals surface area contributed by atoms with Crippen LogP contribution in [0.3, 0.4) is 0 Å². The Balaban J connectivity index is 1.83. The molecule has 1 aliphatic rings. The molecule has 0 spiro atoms. The van der Waals surface area contributed by atoms with Crippen molar-refractivity contribution in [3.8, 4) is 0 Å². The monoisotopic (exact) mass is 268 g/mol. The molecule has 1 fully saturated rings. The second-order valence-electron chi connectivity index (χ2n) is 4.87. The number of halogens is 1. The molecule has 2 atom stereocenters. The molecule has 18 heavy (non-hydrogen) atoms. The van der Waals surface area contributed by atoms with Gasteiger partial charge in [-0.3, -0.25) is 11.3 Å². The number of hydrogen-bond donors (Lipinski definition) is 2. The van der Waals surface area contributed by atoms with Gasteiger partial charge in [-0.15, -0.1) is 0 Å². The van der Waals surface area contributed by atoms with Gasteiger partial charge >= 0.3 is 0 Å². The molecule has 0 amide bonds. The quantitative estimate of drug-likeness (QED) is 0.616. The molecule has 1 heterocycles. The average Bonchev–Trinajstić information content (AvgIpc) is 2.90. The second-order valence-corrected chi connectivity index (χ2v) is 5.28. The molecule has 0 saturated carbocycles. The lowest BCUT2D eigenvalue weighted by Gasteiger charge is -2.18. The van der Waals surface area contributed by atoms with Crippen molar-refractivity contribution in [2.75, 3.05) is 6.61 Å². The molecule has 2 unspecified atom stereocenters. The molecule has 1 aliphatic heterocycles. The molecular formula is C14H21ClN2O. The van der Waals surface area contributed by atoms with Crippen molar-refractivity contribution in [3.63, 3.8) is 0 Å². The Morgan fingerprint density at radius 2 is 2.28 bits per heavy atom. The number of rotatable bonds is 6. The largest absolute Gasteiger partial charge is 0.378 e. The summed E-state index contributed by atoms with van der Waals surface area (Å²) in [5.41, 5.74) is 4.04. The maximum atomic E-state index is 6.16. The molecule has 2 rings (SSSR count). The average molecular weight is 269 g/mol. The lowest BCUT2D eigenvalue weighted by atomic mass is 10.00. The van der Waals surface area contributed by atoms with E-state index in [2.05, 4.69) is 11.5 Å². The van der Waals surface area contributed by atoms with Crippen LogP contribution < -0.4 is 11.3 Å². The number of hydrogen-bond acceptors (Lipinski definition) is 3. The minimum absolute atomic E-state index is 0.258. The van der Waals surface area contributed by atoms with Crippen LogP contribution in [0.1, 0.15) is 31.2 Å². The number of hydrazine groups is 1. The second kappa shape index (κ2) is 7.10. The third-order valence-electron chi connectivity index (χ3n) is 3.52. The summed E-state index contributed by atoms with van der Waals surface area (Å²) in [4.78, 5) is 0. The molecule has 100 valence electrons. The van der Waals surface area contributed by atoms with Crippen LogP contribution in [-0.4, -0.2) is 18.8 Å². The van der Waals surface area contributed by atoms with E-state index in [-0.39, 0.29) is 6.04 Å². The van der Waals surface area contributed by atoms with Gasteiger partial charge in [0.1, 0.15) is 0 Å². The first-order valence-corrected chi connectivity index (χ1v) is 6.98. The van der Waals surface area contributed by atoms with Gasteiger partial charge in [0.25, 0.3) is 0 Å². The van der Waals surface area contributed by atoms with Crippen molar-refractivity contribution >= 4 is 11.6 Å². The SMILES string of the molecule is NNC(CCC1CCCO1)Cc1ccccc1Cl. The topological polar surface area (TPSA) is 47.3 Å². The number of nitrogens with one attached hydrogen (secondary N) is 1. The minimum atomic E-state index is 0.258. The Kier molecular flexibility index (Phi) is 5.45. The zero-order valence-electron chi connectivity index (χ0n) is 10.6. The summed E-state index contributed by atoms with van der Waals surface area (Å²) in [6, 6.07) is 8.19. The lowest BCUT2D eigenvalue weighted by Crippen LogP contribution is -2.37. The van der Waals surface area contributed by atoms with Gasteiger partial charge in [0, 0.05) is 17.7 Å². The Morgan fingerprint density at radius 1 is 1.44 bits per heavy atom. The van der Waals surface area contributed by atoms with Crippen molar-refractivity contribution in [2.45, 2.75) is 44.2 Å². The summed E-state index contributed by atoms with van der Waals surface area (Å²) in [6.45, 7) is 0.913. The normalized spacial score (nSPS) is 21.1. The number of ether oxygens (including phenoxy) is 1. The Hall–Kier alpha value is -0.610. The van der Waals surface area contributed by atoms with Crippen LogP contribution in [-0.2, 0) is 11.2 Å². The fraction of sp³-hybridized carbons (Fsp3) is 0.571. The summed E-state index contributed by atoms with van der Waals surface area (Å²) >= 11 is 6.16. The van der Waals surface area contributed by atoms with Gasteiger partial charge in [0.05, 0.1) is 6.10 Å². The van der Waals surface area contributed by atoms with Gasteiger partial charge in [-0.2, -0.15) is 0 Å². The summed E-state index contributed by atoms with van der Waals surface area (Å²) < 4.78 is 5.63.